The van der Waals surface area contributed by atoms with Gasteiger partial charge in [-0.05, 0) is 0 Å². The van der Waals surface area contributed by atoms with E-state index in [1.54, 1.807) is 0 Å². The van der Waals surface area contributed by atoms with Crippen LogP contribution in [0.4, 0.5) is 0 Å². The largest absolute Gasteiger partial charge is 0.378 e. The Hall–Kier alpha value is -0.240. The molecule has 0 unspecified atom stereocenters. The second-order valence-electron chi connectivity index (χ2n) is 4.35. The number of hydrogen-bond donors (Lipinski definition) is 2. The van der Waals surface area contributed by atoms with Crippen LogP contribution in [0, 0.1) is 0 Å². The zero-order valence-electron chi connectivity index (χ0n) is 12.4. The molecule has 6 nitrogen and oxygen atoms in total. The minimum Gasteiger partial charge on any atom is -0.378 e. The number of rotatable bonds is 15. The van der Waals surface area contributed by atoms with E-state index in [9.17, 15) is 0 Å². The number of ether oxygens (including phenoxy) is 4. The fourth-order valence-corrected chi connectivity index (χ4v) is 1.26. The summed E-state index contributed by atoms with van der Waals surface area (Å²) in [6, 6.07) is 0.505. The molecule has 0 spiro atoms. The van der Waals surface area contributed by atoms with Gasteiger partial charge in [-0.15, -0.1) is 0 Å². The minimum atomic E-state index is 0.505. The van der Waals surface area contributed by atoms with Gasteiger partial charge in [0, 0.05) is 19.1 Å². The van der Waals surface area contributed by atoms with E-state index in [-0.39, 0.29) is 0 Å². The van der Waals surface area contributed by atoms with Crippen LogP contribution in [0.5, 0.6) is 0 Å². The zero-order valence-corrected chi connectivity index (χ0v) is 12.4. The van der Waals surface area contributed by atoms with Crippen molar-refractivity contribution >= 4 is 0 Å². The molecule has 6 heteroatoms. The van der Waals surface area contributed by atoms with Gasteiger partial charge in [0.25, 0.3) is 0 Å². The highest BCUT2D eigenvalue weighted by atomic mass is 16.6. The molecular formula is C13H30N2O4. The van der Waals surface area contributed by atoms with Crippen molar-refractivity contribution in [3.05, 3.63) is 0 Å². The van der Waals surface area contributed by atoms with Gasteiger partial charge in [0.15, 0.2) is 0 Å². The van der Waals surface area contributed by atoms with Crippen molar-refractivity contribution in [2.75, 3.05) is 65.9 Å². The summed E-state index contributed by atoms with van der Waals surface area (Å²) in [4.78, 5) is 0. The Labute approximate surface area is 116 Å². The maximum Gasteiger partial charge on any atom is 0.0701 e. The summed E-state index contributed by atoms with van der Waals surface area (Å²) < 4.78 is 21.2. The molecule has 0 heterocycles. The topological polar surface area (TPSA) is 75.0 Å². The van der Waals surface area contributed by atoms with E-state index in [0.29, 0.717) is 58.8 Å². The highest BCUT2D eigenvalue weighted by Gasteiger charge is 1.93. The second-order valence-corrected chi connectivity index (χ2v) is 4.35. The average Bonchev–Trinajstić information content (AvgIpc) is 2.39. The third kappa shape index (κ3) is 17.8. The van der Waals surface area contributed by atoms with Gasteiger partial charge in [-0.2, -0.15) is 0 Å². The third-order valence-corrected chi connectivity index (χ3v) is 2.18. The van der Waals surface area contributed by atoms with Gasteiger partial charge in [0.2, 0.25) is 0 Å². The lowest BCUT2D eigenvalue weighted by Crippen LogP contribution is -2.27. The Balaban J connectivity index is 2.91. The van der Waals surface area contributed by atoms with Crippen molar-refractivity contribution in [2.45, 2.75) is 19.9 Å². The number of nitrogens with one attached hydrogen (secondary N) is 1. The Bertz CT molecular complexity index is 171. The van der Waals surface area contributed by atoms with Crippen molar-refractivity contribution in [1.29, 1.82) is 0 Å². The Morgan fingerprint density at radius 3 is 1.58 bits per heavy atom. The molecule has 0 aliphatic heterocycles. The maximum absolute atomic E-state index is 5.40. The number of nitrogens with two attached hydrogens (primary N) is 1. The van der Waals surface area contributed by atoms with Crippen molar-refractivity contribution < 1.29 is 18.9 Å². The number of hydrogen-bond acceptors (Lipinski definition) is 6. The van der Waals surface area contributed by atoms with Crippen LogP contribution < -0.4 is 11.1 Å². The van der Waals surface area contributed by atoms with Crippen LogP contribution in [0.2, 0.25) is 0 Å². The summed E-state index contributed by atoms with van der Waals surface area (Å²) in [6.45, 7) is 10.5. The van der Waals surface area contributed by atoms with E-state index < -0.39 is 0 Å². The minimum absolute atomic E-state index is 0.505. The van der Waals surface area contributed by atoms with E-state index in [4.69, 9.17) is 24.7 Å². The smallest absolute Gasteiger partial charge is 0.0701 e. The quantitative estimate of drug-likeness (QED) is 0.411. The molecule has 0 radical (unpaired) electrons. The molecule has 19 heavy (non-hydrogen) atoms. The van der Waals surface area contributed by atoms with E-state index in [1.165, 1.54) is 0 Å². The summed E-state index contributed by atoms with van der Waals surface area (Å²) >= 11 is 0. The highest BCUT2D eigenvalue weighted by molar-refractivity contribution is 4.50. The lowest BCUT2D eigenvalue weighted by molar-refractivity contribution is -0.000717. The molecule has 0 atom stereocenters. The third-order valence-electron chi connectivity index (χ3n) is 2.18. The van der Waals surface area contributed by atoms with E-state index in [1.807, 2.05) is 0 Å². The second kappa shape index (κ2) is 15.8. The van der Waals surface area contributed by atoms with Crippen molar-refractivity contribution in [2.24, 2.45) is 5.73 Å². The van der Waals surface area contributed by atoms with Crippen LogP contribution in [-0.2, 0) is 18.9 Å². The van der Waals surface area contributed by atoms with Crippen LogP contribution in [-0.4, -0.2) is 72.0 Å². The Morgan fingerprint density at radius 1 is 0.737 bits per heavy atom. The molecule has 0 amide bonds. The summed E-state index contributed by atoms with van der Waals surface area (Å²) in [6.07, 6.45) is 0. The van der Waals surface area contributed by atoms with Crippen LogP contribution in [0.3, 0.4) is 0 Å². The maximum atomic E-state index is 5.40. The standard InChI is InChI=1S/C13H30N2O4/c1-13(2)15-4-6-17-8-10-19-12-11-18-9-7-16-5-3-14/h13,15H,3-12,14H2,1-2H3. The Morgan fingerprint density at radius 2 is 1.16 bits per heavy atom. The molecule has 0 aliphatic carbocycles. The summed E-state index contributed by atoms with van der Waals surface area (Å²) in [5.74, 6) is 0. The lowest BCUT2D eigenvalue weighted by atomic mass is 10.4. The van der Waals surface area contributed by atoms with Crippen LogP contribution >= 0.6 is 0 Å². The molecule has 0 aromatic heterocycles. The first-order valence-corrected chi connectivity index (χ1v) is 7.01. The fraction of sp³-hybridized carbons (Fsp3) is 1.00. The SMILES string of the molecule is CC(C)NCCOCCOCCOCCOCCN. The molecule has 116 valence electrons. The van der Waals surface area contributed by atoms with Crippen LogP contribution in [0.1, 0.15) is 13.8 Å². The van der Waals surface area contributed by atoms with Gasteiger partial charge in [-0.3, -0.25) is 0 Å². The van der Waals surface area contributed by atoms with E-state index >= 15 is 0 Å². The fourth-order valence-electron chi connectivity index (χ4n) is 1.26. The summed E-state index contributed by atoms with van der Waals surface area (Å²) in [5.41, 5.74) is 5.28. The summed E-state index contributed by atoms with van der Waals surface area (Å²) in [7, 11) is 0. The Kier molecular flexibility index (Phi) is 15.6. The van der Waals surface area contributed by atoms with E-state index in [2.05, 4.69) is 19.2 Å². The predicted octanol–water partition coefficient (Wildman–Crippen LogP) is 0.00950. The van der Waals surface area contributed by atoms with E-state index in [0.717, 1.165) is 13.2 Å². The average molecular weight is 278 g/mol. The van der Waals surface area contributed by atoms with Crippen molar-refractivity contribution in [1.82, 2.24) is 5.32 Å². The normalized spacial score (nSPS) is 11.4. The van der Waals surface area contributed by atoms with Crippen molar-refractivity contribution in [3.63, 3.8) is 0 Å². The molecule has 0 aromatic carbocycles. The molecule has 0 saturated heterocycles. The van der Waals surface area contributed by atoms with Crippen molar-refractivity contribution in [3.8, 4) is 0 Å². The lowest BCUT2D eigenvalue weighted by Gasteiger charge is -2.09. The first kappa shape index (κ1) is 18.8. The van der Waals surface area contributed by atoms with Gasteiger partial charge in [-0.25, -0.2) is 0 Å². The molecule has 0 rings (SSSR count). The molecule has 0 bridgehead atoms. The highest BCUT2D eigenvalue weighted by Crippen LogP contribution is 1.83. The monoisotopic (exact) mass is 278 g/mol. The molecule has 0 saturated carbocycles. The molecule has 3 N–H and O–H groups in total. The van der Waals surface area contributed by atoms with Gasteiger partial charge < -0.3 is 30.0 Å². The van der Waals surface area contributed by atoms with Gasteiger partial charge in [0.1, 0.15) is 0 Å². The summed E-state index contributed by atoms with van der Waals surface area (Å²) in [5, 5.41) is 3.28. The van der Waals surface area contributed by atoms with Gasteiger partial charge in [0.05, 0.1) is 52.9 Å². The molecule has 0 aliphatic rings. The van der Waals surface area contributed by atoms with Crippen LogP contribution in [0.25, 0.3) is 0 Å². The molecule has 0 aromatic rings. The zero-order chi connectivity index (χ0) is 14.2. The molecular weight excluding hydrogens is 248 g/mol. The van der Waals surface area contributed by atoms with Gasteiger partial charge >= 0.3 is 0 Å². The predicted molar refractivity (Wildman–Crippen MR) is 75.5 cm³/mol. The van der Waals surface area contributed by atoms with Crippen LogP contribution in [0.15, 0.2) is 0 Å². The first-order chi connectivity index (χ1) is 9.27. The first-order valence-electron chi connectivity index (χ1n) is 7.01. The van der Waals surface area contributed by atoms with Gasteiger partial charge in [-0.1, -0.05) is 13.8 Å². The molecule has 0 fully saturated rings.